The average Bonchev–Trinajstić information content (AvgIpc) is 2.37. The number of sulfonamides is 1. The van der Waals surface area contributed by atoms with Crippen LogP contribution in [-0.4, -0.2) is 57.9 Å². The molecule has 1 aliphatic rings. The minimum Gasteiger partial charge on any atom is -0.384 e. The maximum absolute atomic E-state index is 12.1. The molecule has 1 N–H and O–H groups in total. The molecule has 1 rings (SSSR count). The number of piperidine rings is 1. The molecule has 0 aromatic heterocycles. The van der Waals surface area contributed by atoms with E-state index in [0.717, 1.165) is 19.4 Å². The number of methoxy groups -OCH3 is 1. The van der Waals surface area contributed by atoms with Crippen LogP contribution in [-0.2, 0) is 14.8 Å². The zero-order chi connectivity index (χ0) is 13.6. The highest BCUT2D eigenvalue weighted by atomic mass is 32.2. The van der Waals surface area contributed by atoms with Crippen molar-refractivity contribution in [3.63, 3.8) is 0 Å². The third-order valence-corrected chi connectivity index (χ3v) is 5.39. The lowest BCUT2D eigenvalue weighted by Crippen LogP contribution is -2.47. The van der Waals surface area contributed by atoms with E-state index >= 15 is 0 Å². The zero-order valence-electron chi connectivity index (χ0n) is 11.7. The van der Waals surface area contributed by atoms with Crippen LogP contribution in [0.1, 0.15) is 26.7 Å². The lowest BCUT2D eigenvalue weighted by molar-refractivity contribution is 0.207. The highest BCUT2D eigenvalue weighted by Crippen LogP contribution is 2.22. The van der Waals surface area contributed by atoms with Crippen LogP contribution in [0.5, 0.6) is 0 Å². The summed E-state index contributed by atoms with van der Waals surface area (Å²) in [6.45, 7) is 6.70. The van der Waals surface area contributed by atoms with Gasteiger partial charge in [-0.3, -0.25) is 0 Å². The predicted octanol–water partition coefficient (Wildman–Crippen LogP) is 0.673. The number of rotatable bonds is 7. The van der Waals surface area contributed by atoms with Gasteiger partial charge in [-0.1, -0.05) is 6.92 Å². The first kappa shape index (κ1) is 15.9. The summed E-state index contributed by atoms with van der Waals surface area (Å²) in [5, 5.41) is 3.38. The molecule has 0 radical (unpaired) electrons. The Labute approximate surface area is 111 Å². The quantitative estimate of drug-likeness (QED) is 0.744. The molecule has 0 spiro atoms. The number of hydrogen-bond acceptors (Lipinski definition) is 4. The summed E-state index contributed by atoms with van der Waals surface area (Å²) in [4.78, 5) is 0. The fourth-order valence-electron chi connectivity index (χ4n) is 2.44. The normalized spacial score (nSPS) is 24.1. The Morgan fingerprint density at radius 2 is 2.22 bits per heavy atom. The van der Waals surface area contributed by atoms with Gasteiger partial charge in [-0.2, -0.15) is 0 Å². The van der Waals surface area contributed by atoms with Crippen molar-refractivity contribution in [3.8, 4) is 0 Å². The second kappa shape index (κ2) is 7.43. The van der Waals surface area contributed by atoms with E-state index in [4.69, 9.17) is 4.74 Å². The molecule has 108 valence electrons. The molecule has 2 atom stereocenters. The second-order valence-electron chi connectivity index (χ2n) is 4.92. The van der Waals surface area contributed by atoms with Gasteiger partial charge >= 0.3 is 0 Å². The molecule has 1 aliphatic heterocycles. The second-order valence-corrected chi connectivity index (χ2v) is 7.00. The van der Waals surface area contributed by atoms with E-state index in [2.05, 4.69) is 19.2 Å². The number of hydrogen-bond donors (Lipinski definition) is 1. The Balaban J connectivity index is 2.57. The van der Waals surface area contributed by atoms with Crippen molar-refractivity contribution in [3.05, 3.63) is 0 Å². The van der Waals surface area contributed by atoms with Crippen molar-refractivity contribution in [2.45, 2.75) is 32.7 Å². The van der Waals surface area contributed by atoms with Gasteiger partial charge < -0.3 is 10.1 Å². The molecule has 0 saturated carbocycles. The fraction of sp³-hybridized carbons (Fsp3) is 1.00. The standard InChI is InChI=1S/C12H26N2O3S/c1-4-13-11(2)12-6-5-7-14(10-12)18(15,16)9-8-17-3/h11-13H,4-10H2,1-3H3. The SMILES string of the molecule is CCNC(C)C1CCCN(S(=O)(=O)CCOC)C1. The number of ether oxygens (including phenoxy) is 1. The van der Waals surface area contributed by atoms with Crippen LogP contribution in [0.15, 0.2) is 0 Å². The summed E-state index contributed by atoms with van der Waals surface area (Å²) in [6.07, 6.45) is 2.05. The molecular formula is C12H26N2O3S. The van der Waals surface area contributed by atoms with E-state index in [0.29, 0.717) is 25.0 Å². The van der Waals surface area contributed by atoms with Gasteiger partial charge in [0, 0.05) is 26.2 Å². The van der Waals surface area contributed by atoms with Gasteiger partial charge in [0.25, 0.3) is 0 Å². The lowest BCUT2D eigenvalue weighted by atomic mass is 9.93. The third-order valence-electron chi connectivity index (χ3n) is 3.59. The molecule has 1 fully saturated rings. The molecule has 6 heteroatoms. The van der Waals surface area contributed by atoms with Crippen molar-refractivity contribution in [2.24, 2.45) is 5.92 Å². The summed E-state index contributed by atoms with van der Waals surface area (Å²) in [7, 11) is -1.62. The van der Waals surface area contributed by atoms with Crippen LogP contribution < -0.4 is 5.32 Å². The molecule has 0 aromatic rings. The number of nitrogens with zero attached hydrogens (tertiary/aromatic N) is 1. The van der Waals surface area contributed by atoms with Crippen LogP contribution in [0.3, 0.4) is 0 Å². The Morgan fingerprint density at radius 1 is 1.50 bits per heavy atom. The van der Waals surface area contributed by atoms with Gasteiger partial charge in [0.15, 0.2) is 0 Å². The van der Waals surface area contributed by atoms with Crippen molar-refractivity contribution >= 4 is 10.0 Å². The molecule has 0 amide bonds. The first-order valence-corrected chi connectivity index (χ1v) is 8.32. The molecule has 0 aromatic carbocycles. The predicted molar refractivity (Wildman–Crippen MR) is 73.1 cm³/mol. The van der Waals surface area contributed by atoms with E-state index in [1.165, 1.54) is 7.11 Å². The van der Waals surface area contributed by atoms with Gasteiger partial charge in [0.2, 0.25) is 10.0 Å². The van der Waals surface area contributed by atoms with E-state index in [-0.39, 0.29) is 12.4 Å². The topological polar surface area (TPSA) is 58.6 Å². The first-order valence-electron chi connectivity index (χ1n) is 6.71. The molecule has 18 heavy (non-hydrogen) atoms. The molecule has 0 aliphatic carbocycles. The Kier molecular flexibility index (Phi) is 6.55. The Hall–Kier alpha value is -0.170. The molecule has 0 bridgehead atoms. The minimum atomic E-state index is -3.15. The molecular weight excluding hydrogens is 252 g/mol. The van der Waals surface area contributed by atoms with E-state index in [1.807, 2.05) is 0 Å². The van der Waals surface area contributed by atoms with Gasteiger partial charge in [-0.05, 0) is 32.2 Å². The maximum Gasteiger partial charge on any atom is 0.216 e. The van der Waals surface area contributed by atoms with E-state index < -0.39 is 10.0 Å². The molecule has 1 heterocycles. The summed E-state index contributed by atoms with van der Waals surface area (Å²) in [6, 6.07) is 0.371. The highest BCUT2D eigenvalue weighted by Gasteiger charge is 2.30. The molecule has 5 nitrogen and oxygen atoms in total. The van der Waals surface area contributed by atoms with Gasteiger partial charge in [-0.15, -0.1) is 0 Å². The van der Waals surface area contributed by atoms with Gasteiger partial charge in [0.05, 0.1) is 12.4 Å². The summed E-state index contributed by atoms with van der Waals surface area (Å²) < 4.78 is 30.7. The van der Waals surface area contributed by atoms with Crippen LogP contribution >= 0.6 is 0 Å². The van der Waals surface area contributed by atoms with Crippen molar-refractivity contribution < 1.29 is 13.2 Å². The smallest absolute Gasteiger partial charge is 0.216 e. The summed E-state index contributed by atoms with van der Waals surface area (Å²) >= 11 is 0. The average molecular weight is 278 g/mol. The van der Waals surface area contributed by atoms with Crippen molar-refractivity contribution in [1.82, 2.24) is 9.62 Å². The monoisotopic (exact) mass is 278 g/mol. The van der Waals surface area contributed by atoms with E-state index in [1.54, 1.807) is 4.31 Å². The summed E-state index contributed by atoms with van der Waals surface area (Å²) in [5.41, 5.74) is 0. The van der Waals surface area contributed by atoms with Crippen LogP contribution in [0, 0.1) is 5.92 Å². The largest absolute Gasteiger partial charge is 0.384 e. The van der Waals surface area contributed by atoms with E-state index in [9.17, 15) is 8.42 Å². The zero-order valence-corrected chi connectivity index (χ0v) is 12.5. The van der Waals surface area contributed by atoms with Gasteiger partial charge in [-0.25, -0.2) is 12.7 Å². The molecule has 1 saturated heterocycles. The highest BCUT2D eigenvalue weighted by molar-refractivity contribution is 7.89. The van der Waals surface area contributed by atoms with Crippen LogP contribution in [0.4, 0.5) is 0 Å². The van der Waals surface area contributed by atoms with Gasteiger partial charge in [0.1, 0.15) is 0 Å². The summed E-state index contributed by atoms with van der Waals surface area (Å²) in [5.74, 6) is 0.502. The van der Waals surface area contributed by atoms with Crippen LogP contribution in [0.2, 0.25) is 0 Å². The minimum absolute atomic E-state index is 0.0891. The lowest BCUT2D eigenvalue weighted by Gasteiger charge is -2.35. The number of nitrogens with one attached hydrogen (secondary N) is 1. The Bertz CT molecular complexity index is 332. The fourth-order valence-corrected chi connectivity index (χ4v) is 3.90. The van der Waals surface area contributed by atoms with Crippen molar-refractivity contribution in [1.29, 1.82) is 0 Å². The first-order chi connectivity index (χ1) is 8.51. The third kappa shape index (κ3) is 4.50. The molecule has 2 unspecified atom stereocenters. The van der Waals surface area contributed by atoms with Crippen molar-refractivity contribution in [2.75, 3.05) is 39.1 Å². The maximum atomic E-state index is 12.1. The van der Waals surface area contributed by atoms with Crippen LogP contribution in [0.25, 0.3) is 0 Å². The Morgan fingerprint density at radius 3 is 2.83 bits per heavy atom.